The molecule has 0 aliphatic carbocycles. The number of hydrogen-bond donors (Lipinski definition) is 0. The van der Waals surface area contributed by atoms with E-state index in [-0.39, 0.29) is 0 Å². The molecule has 3 nitrogen and oxygen atoms in total. The number of alkyl halides is 1. The molecule has 0 unspecified atom stereocenters. The van der Waals surface area contributed by atoms with E-state index in [1.807, 2.05) is 6.07 Å². The summed E-state index contributed by atoms with van der Waals surface area (Å²) < 4.78 is 5.70. The third-order valence-electron chi connectivity index (χ3n) is 1.93. The lowest BCUT2D eigenvalue weighted by molar-refractivity contribution is 0.0525. The van der Waals surface area contributed by atoms with Crippen LogP contribution in [0.1, 0.15) is 28.4 Å². The van der Waals surface area contributed by atoms with Crippen LogP contribution in [0.25, 0.3) is 0 Å². The Hall–Kier alpha value is -0.860. The van der Waals surface area contributed by atoms with Gasteiger partial charge in [-0.3, -0.25) is 0 Å². The molecular formula is C11H9Br2NO2. The zero-order valence-corrected chi connectivity index (χ0v) is 11.8. The minimum atomic E-state index is -0.457. The van der Waals surface area contributed by atoms with E-state index >= 15 is 0 Å². The van der Waals surface area contributed by atoms with E-state index in [2.05, 4.69) is 31.9 Å². The van der Waals surface area contributed by atoms with Gasteiger partial charge in [0.15, 0.2) is 0 Å². The molecular weight excluding hydrogens is 338 g/mol. The standard InChI is InChI=1S/C11H9Br2NO2/c1-2-16-11(15)10-7(5-12)3-9(13)4-8(10)6-14/h3-4H,2,5H2,1H3. The van der Waals surface area contributed by atoms with Gasteiger partial charge in [-0.2, -0.15) is 5.26 Å². The van der Waals surface area contributed by atoms with Crippen LogP contribution in [0.15, 0.2) is 16.6 Å². The van der Waals surface area contributed by atoms with Crippen LogP contribution in [0.5, 0.6) is 0 Å². The van der Waals surface area contributed by atoms with Crippen molar-refractivity contribution < 1.29 is 9.53 Å². The number of benzene rings is 1. The van der Waals surface area contributed by atoms with Gasteiger partial charge in [-0.15, -0.1) is 0 Å². The Kier molecular flexibility index (Phi) is 4.97. The van der Waals surface area contributed by atoms with Gasteiger partial charge < -0.3 is 4.74 Å². The van der Waals surface area contributed by atoms with Gasteiger partial charge in [0.2, 0.25) is 0 Å². The fourth-order valence-electron chi connectivity index (χ4n) is 1.30. The molecule has 1 aromatic carbocycles. The average Bonchev–Trinajstić information content (AvgIpc) is 2.27. The van der Waals surface area contributed by atoms with Crippen LogP contribution < -0.4 is 0 Å². The summed E-state index contributed by atoms with van der Waals surface area (Å²) in [6.07, 6.45) is 0. The van der Waals surface area contributed by atoms with E-state index in [9.17, 15) is 4.79 Å². The Morgan fingerprint density at radius 3 is 2.75 bits per heavy atom. The lowest BCUT2D eigenvalue weighted by Crippen LogP contribution is -2.10. The highest BCUT2D eigenvalue weighted by molar-refractivity contribution is 9.10. The number of esters is 1. The second-order valence-corrected chi connectivity index (χ2v) is 4.43. The molecule has 0 spiro atoms. The molecule has 0 N–H and O–H groups in total. The molecule has 1 rings (SSSR count). The molecule has 0 bridgehead atoms. The Balaban J connectivity index is 3.34. The van der Waals surface area contributed by atoms with Gasteiger partial charge in [-0.25, -0.2) is 4.79 Å². The molecule has 0 aliphatic heterocycles. The van der Waals surface area contributed by atoms with Gasteiger partial charge in [0.05, 0.1) is 17.7 Å². The Morgan fingerprint density at radius 1 is 1.56 bits per heavy atom. The third-order valence-corrected chi connectivity index (χ3v) is 2.99. The summed E-state index contributed by atoms with van der Waals surface area (Å²) in [6.45, 7) is 2.03. The van der Waals surface area contributed by atoms with Crippen molar-refractivity contribution in [3.63, 3.8) is 0 Å². The van der Waals surface area contributed by atoms with E-state index in [0.717, 1.165) is 10.0 Å². The number of rotatable bonds is 3. The van der Waals surface area contributed by atoms with Crippen molar-refractivity contribution in [1.29, 1.82) is 5.26 Å². The van der Waals surface area contributed by atoms with Gasteiger partial charge in [0.25, 0.3) is 0 Å². The zero-order valence-electron chi connectivity index (χ0n) is 8.59. The number of hydrogen-bond acceptors (Lipinski definition) is 3. The summed E-state index contributed by atoms with van der Waals surface area (Å²) in [6, 6.07) is 5.40. The molecule has 0 saturated heterocycles. The van der Waals surface area contributed by atoms with E-state index in [4.69, 9.17) is 10.00 Å². The van der Waals surface area contributed by atoms with Crippen molar-refractivity contribution in [2.24, 2.45) is 0 Å². The van der Waals surface area contributed by atoms with E-state index < -0.39 is 5.97 Å². The van der Waals surface area contributed by atoms with Crippen LogP contribution >= 0.6 is 31.9 Å². The van der Waals surface area contributed by atoms with Gasteiger partial charge in [-0.1, -0.05) is 31.9 Å². The molecule has 0 atom stereocenters. The number of nitrogens with zero attached hydrogens (tertiary/aromatic N) is 1. The van der Waals surface area contributed by atoms with Crippen molar-refractivity contribution in [2.75, 3.05) is 6.61 Å². The SMILES string of the molecule is CCOC(=O)c1c(C#N)cc(Br)cc1CBr. The maximum atomic E-state index is 11.7. The monoisotopic (exact) mass is 345 g/mol. The summed E-state index contributed by atoms with van der Waals surface area (Å²) >= 11 is 6.58. The number of ether oxygens (including phenoxy) is 1. The predicted octanol–water partition coefficient (Wildman–Crippen LogP) is 3.39. The molecule has 0 radical (unpaired) electrons. The maximum absolute atomic E-state index is 11.7. The smallest absolute Gasteiger partial charge is 0.339 e. The molecule has 0 aliphatic rings. The molecule has 16 heavy (non-hydrogen) atoms. The predicted molar refractivity (Wildman–Crippen MR) is 67.4 cm³/mol. The van der Waals surface area contributed by atoms with Crippen molar-refractivity contribution in [2.45, 2.75) is 12.3 Å². The number of halogens is 2. The second-order valence-electron chi connectivity index (χ2n) is 2.95. The van der Waals surface area contributed by atoms with Crippen LogP contribution in [0, 0.1) is 11.3 Å². The third kappa shape index (κ3) is 2.83. The average molecular weight is 347 g/mol. The molecule has 5 heteroatoms. The summed E-state index contributed by atoms with van der Waals surface area (Å²) in [5.41, 5.74) is 1.40. The van der Waals surface area contributed by atoms with Crippen molar-refractivity contribution in [3.8, 4) is 6.07 Å². The summed E-state index contributed by atoms with van der Waals surface area (Å²) in [7, 11) is 0. The van der Waals surface area contributed by atoms with Crippen molar-refractivity contribution in [1.82, 2.24) is 0 Å². The van der Waals surface area contributed by atoms with Crippen LogP contribution in [0.4, 0.5) is 0 Å². The summed E-state index contributed by atoms with van der Waals surface area (Å²) in [5.74, 6) is -0.457. The molecule has 0 heterocycles. The number of carbonyl (C=O) groups excluding carboxylic acids is 1. The second kappa shape index (κ2) is 6.02. The van der Waals surface area contributed by atoms with Crippen LogP contribution in [0.2, 0.25) is 0 Å². The molecule has 1 aromatic rings. The number of carbonyl (C=O) groups is 1. The van der Waals surface area contributed by atoms with Crippen LogP contribution in [0.3, 0.4) is 0 Å². The highest BCUT2D eigenvalue weighted by Crippen LogP contribution is 2.24. The van der Waals surface area contributed by atoms with E-state index in [0.29, 0.717) is 23.1 Å². The molecule has 0 amide bonds. The van der Waals surface area contributed by atoms with Crippen LogP contribution in [-0.4, -0.2) is 12.6 Å². The summed E-state index contributed by atoms with van der Waals surface area (Å²) in [4.78, 5) is 11.7. The quantitative estimate of drug-likeness (QED) is 0.622. The van der Waals surface area contributed by atoms with Gasteiger partial charge in [0, 0.05) is 9.80 Å². The summed E-state index contributed by atoms with van der Waals surface area (Å²) in [5, 5.41) is 9.48. The minimum absolute atomic E-state index is 0.293. The highest BCUT2D eigenvalue weighted by Gasteiger charge is 2.17. The Bertz CT molecular complexity index is 452. The lowest BCUT2D eigenvalue weighted by atomic mass is 10.0. The molecule has 0 saturated carbocycles. The number of nitriles is 1. The maximum Gasteiger partial charge on any atom is 0.339 e. The van der Waals surface area contributed by atoms with Gasteiger partial charge >= 0.3 is 5.97 Å². The Morgan fingerprint density at radius 2 is 2.25 bits per heavy atom. The molecule has 0 fully saturated rings. The highest BCUT2D eigenvalue weighted by atomic mass is 79.9. The van der Waals surface area contributed by atoms with E-state index in [1.165, 1.54) is 0 Å². The van der Waals surface area contributed by atoms with Crippen molar-refractivity contribution >= 4 is 37.8 Å². The fourth-order valence-corrected chi connectivity index (χ4v) is 2.25. The topological polar surface area (TPSA) is 50.1 Å². The normalized spacial score (nSPS) is 9.62. The largest absolute Gasteiger partial charge is 0.462 e. The first-order chi connectivity index (χ1) is 7.63. The first kappa shape index (κ1) is 13.2. The lowest BCUT2D eigenvalue weighted by Gasteiger charge is -2.09. The van der Waals surface area contributed by atoms with Crippen LogP contribution in [-0.2, 0) is 10.1 Å². The molecule has 84 valence electrons. The zero-order chi connectivity index (χ0) is 12.1. The first-order valence-corrected chi connectivity index (χ1v) is 6.51. The first-order valence-electron chi connectivity index (χ1n) is 4.59. The molecule has 0 aromatic heterocycles. The van der Waals surface area contributed by atoms with E-state index in [1.54, 1.807) is 19.1 Å². The Labute approximate surface area is 111 Å². The minimum Gasteiger partial charge on any atom is -0.462 e. The van der Waals surface area contributed by atoms with Gasteiger partial charge in [-0.05, 0) is 24.6 Å². The van der Waals surface area contributed by atoms with Crippen molar-refractivity contribution in [3.05, 3.63) is 33.3 Å². The van der Waals surface area contributed by atoms with Gasteiger partial charge in [0.1, 0.15) is 6.07 Å². The fraction of sp³-hybridized carbons (Fsp3) is 0.273.